The molecule has 8 nitrogen and oxygen atoms in total. The Kier molecular flexibility index (Phi) is 5.44. The first-order valence-corrected chi connectivity index (χ1v) is 9.91. The van der Waals surface area contributed by atoms with Crippen LogP contribution in [0.5, 0.6) is 0 Å². The molecule has 2 amide bonds. The lowest BCUT2D eigenvalue weighted by atomic mass is 9.85. The van der Waals surface area contributed by atoms with Gasteiger partial charge in [-0.25, -0.2) is 9.50 Å². The van der Waals surface area contributed by atoms with E-state index < -0.39 is 0 Å². The number of anilines is 1. The fourth-order valence-electron chi connectivity index (χ4n) is 3.62. The smallest absolute Gasteiger partial charge is 0.256 e. The van der Waals surface area contributed by atoms with Crippen LogP contribution in [-0.2, 0) is 4.79 Å². The van der Waals surface area contributed by atoms with Crippen molar-refractivity contribution in [3.63, 3.8) is 0 Å². The quantitative estimate of drug-likeness (QED) is 0.685. The number of carbonyl (C=O) groups is 2. The Hall–Kier alpha value is -3.00. The summed E-state index contributed by atoms with van der Waals surface area (Å²) in [4.78, 5) is 33.5. The highest BCUT2D eigenvalue weighted by Crippen LogP contribution is 2.28. The molecule has 3 aromatic heterocycles. The van der Waals surface area contributed by atoms with Crippen LogP contribution < -0.4 is 10.6 Å². The molecule has 9 heteroatoms. The number of aromatic nitrogens is 4. The zero-order valence-corrected chi connectivity index (χ0v) is 16.7. The normalized spacial score (nSPS) is 19.1. The highest BCUT2D eigenvalue weighted by molar-refractivity contribution is 6.33. The molecule has 1 aliphatic carbocycles. The Morgan fingerprint density at radius 1 is 1.17 bits per heavy atom. The van der Waals surface area contributed by atoms with E-state index >= 15 is 0 Å². The highest BCUT2D eigenvalue weighted by atomic mass is 35.5. The van der Waals surface area contributed by atoms with Crippen LogP contribution in [0.15, 0.2) is 36.9 Å². The number of carbonyl (C=O) groups excluding carboxylic acids is 2. The van der Waals surface area contributed by atoms with Crippen LogP contribution in [0.25, 0.3) is 5.65 Å². The first-order chi connectivity index (χ1) is 14.0. The number of halogens is 1. The molecule has 3 aromatic rings. The Morgan fingerprint density at radius 2 is 1.97 bits per heavy atom. The molecule has 29 heavy (non-hydrogen) atoms. The van der Waals surface area contributed by atoms with Gasteiger partial charge in [-0.2, -0.15) is 5.10 Å². The average Bonchev–Trinajstić information content (AvgIpc) is 3.15. The van der Waals surface area contributed by atoms with Crippen molar-refractivity contribution in [2.24, 2.45) is 5.92 Å². The Balaban J connectivity index is 1.33. The summed E-state index contributed by atoms with van der Waals surface area (Å²) in [5.41, 5.74) is 2.36. The van der Waals surface area contributed by atoms with Crippen molar-refractivity contribution in [1.29, 1.82) is 0 Å². The predicted molar refractivity (Wildman–Crippen MR) is 109 cm³/mol. The van der Waals surface area contributed by atoms with Gasteiger partial charge in [-0.05, 0) is 44.7 Å². The van der Waals surface area contributed by atoms with Crippen LogP contribution in [0.3, 0.4) is 0 Å². The molecule has 3 heterocycles. The number of hydrogen-bond donors (Lipinski definition) is 2. The third kappa shape index (κ3) is 4.22. The molecule has 0 saturated heterocycles. The van der Waals surface area contributed by atoms with E-state index in [1.807, 2.05) is 6.92 Å². The molecule has 0 radical (unpaired) electrons. The second kappa shape index (κ2) is 8.16. The molecule has 4 rings (SSSR count). The molecule has 2 N–H and O–H groups in total. The lowest BCUT2D eigenvalue weighted by Crippen LogP contribution is -2.39. The van der Waals surface area contributed by atoms with E-state index in [0.29, 0.717) is 34.8 Å². The number of fused-ring (bicyclic) bond motifs is 1. The molecular weight excluding hydrogens is 392 g/mol. The topological polar surface area (TPSA) is 101 Å². The summed E-state index contributed by atoms with van der Waals surface area (Å²) in [7, 11) is 0. The number of aryl methyl sites for hydroxylation is 1. The summed E-state index contributed by atoms with van der Waals surface area (Å²) in [5, 5.41) is 10.5. The van der Waals surface area contributed by atoms with Crippen LogP contribution in [0.2, 0.25) is 5.02 Å². The fourth-order valence-corrected chi connectivity index (χ4v) is 3.77. The van der Waals surface area contributed by atoms with Gasteiger partial charge in [0.05, 0.1) is 16.9 Å². The van der Waals surface area contributed by atoms with Crippen molar-refractivity contribution in [2.45, 2.75) is 38.6 Å². The van der Waals surface area contributed by atoms with E-state index in [0.717, 1.165) is 18.5 Å². The van der Waals surface area contributed by atoms with Crippen LogP contribution >= 0.6 is 11.6 Å². The number of pyridine rings is 1. The Labute approximate surface area is 172 Å². The van der Waals surface area contributed by atoms with Gasteiger partial charge in [-0.1, -0.05) is 11.6 Å². The van der Waals surface area contributed by atoms with E-state index in [2.05, 4.69) is 25.7 Å². The van der Waals surface area contributed by atoms with Crippen molar-refractivity contribution in [2.75, 3.05) is 5.32 Å². The third-order valence-electron chi connectivity index (χ3n) is 5.21. The monoisotopic (exact) mass is 412 g/mol. The molecule has 0 bridgehead atoms. The van der Waals surface area contributed by atoms with Gasteiger partial charge < -0.3 is 10.6 Å². The summed E-state index contributed by atoms with van der Waals surface area (Å²) in [5.74, 6) is -0.342. The number of amides is 2. The molecule has 150 valence electrons. The molecule has 0 atom stereocenters. The average molecular weight is 413 g/mol. The van der Waals surface area contributed by atoms with Gasteiger partial charge in [0.1, 0.15) is 5.56 Å². The van der Waals surface area contributed by atoms with Crippen LogP contribution in [-0.4, -0.2) is 37.4 Å². The highest BCUT2D eigenvalue weighted by Gasteiger charge is 2.28. The number of nitrogens with one attached hydrogen (secondary N) is 2. The molecule has 1 saturated carbocycles. The van der Waals surface area contributed by atoms with E-state index in [9.17, 15) is 9.59 Å². The van der Waals surface area contributed by atoms with Crippen LogP contribution in [0.1, 0.15) is 41.7 Å². The van der Waals surface area contributed by atoms with E-state index in [1.54, 1.807) is 29.0 Å². The fraction of sp³-hybridized carbons (Fsp3) is 0.350. The Morgan fingerprint density at radius 3 is 2.76 bits per heavy atom. The molecule has 0 unspecified atom stereocenters. The number of hydrogen-bond acceptors (Lipinski definition) is 5. The summed E-state index contributed by atoms with van der Waals surface area (Å²) in [6.07, 6.45) is 9.31. The van der Waals surface area contributed by atoms with Gasteiger partial charge in [-0.15, -0.1) is 0 Å². The SMILES string of the molecule is Cc1cc(NC(=O)[C@H]2CC[C@H](NC(=O)c3cnn4cccnc34)CC2)c(Cl)cn1. The van der Waals surface area contributed by atoms with Gasteiger partial charge in [0.25, 0.3) is 5.91 Å². The summed E-state index contributed by atoms with van der Waals surface area (Å²) < 4.78 is 1.57. The first-order valence-electron chi connectivity index (χ1n) is 9.53. The van der Waals surface area contributed by atoms with Crippen molar-refractivity contribution in [3.05, 3.63) is 53.2 Å². The van der Waals surface area contributed by atoms with Gasteiger partial charge in [0.15, 0.2) is 5.65 Å². The number of nitrogens with zero attached hydrogens (tertiary/aromatic N) is 4. The molecular formula is C20H21ClN6O2. The predicted octanol–water partition coefficient (Wildman–Crippen LogP) is 3.01. The third-order valence-corrected chi connectivity index (χ3v) is 5.51. The van der Waals surface area contributed by atoms with Crippen LogP contribution in [0, 0.1) is 12.8 Å². The zero-order valence-electron chi connectivity index (χ0n) is 15.9. The van der Waals surface area contributed by atoms with Crippen LogP contribution in [0.4, 0.5) is 5.69 Å². The minimum atomic E-state index is -0.189. The number of rotatable bonds is 4. The molecule has 1 fully saturated rings. The maximum Gasteiger partial charge on any atom is 0.256 e. The molecule has 0 aliphatic heterocycles. The largest absolute Gasteiger partial charge is 0.349 e. The lowest BCUT2D eigenvalue weighted by molar-refractivity contribution is -0.120. The second-order valence-corrected chi connectivity index (χ2v) is 7.67. The molecule has 1 aliphatic rings. The van der Waals surface area contributed by atoms with E-state index in [-0.39, 0.29) is 23.8 Å². The van der Waals surface area contributed by atoms with Gasteiger partial charge in [-0.3, -0.25) is 14.6 Å². The molecule has 0 aromatic carbocycles. The summed E-state index contributed by atoms with van der Waals surface area (Å²) in [6.45, 7) is 1.85. The minimum absolute atomic E-state index is 0.0250. The standard InChI is InChI=1S/C20H21ClN6O2/c1-12-9-17(16(21)11-23-12)26-19(28)13-3-5-14(6-4-13)25-20(29)15-10-24-27-8-2-7-22-18(15)27/h2,7-11,13-14H,3-6H2,1H3,(H,25,29)(H,23,26,28)/t13-,14-. The van der Waals surface area contributed by atoms with Crippen molar-refractivity contribution in [3.8, 4) is 0 Å². The lowest BCUT2D eigenvalue weighted by Gasteiger charge is -2.28. The maximum absolute atomic E-state index is 12.6. The van der Waals surface area contributed by atoms with Crippen molar-refractivity contribution < 1.29 is 9.59 Å². The van der Waals surface area contributed by atoms with E-state index in [4.69, 9.17) is 11.6 Å². The zero-order chi connectivity index (χ0) is 20.4. The van der Waals surface area contributed by atoms with Gasteiger partial charge >= 0.3 is 0 Å². The summed E-state index contributed by atoms with van der Waals surface area (Å²) >= 11 is 6.11. The second-order valence-electron chi connectivity index (χ2n) is 7.26. The Bertz CT molecular complexity index is 1060. The van der Waals surface area contributed by atoms with Crippen molar-refractivity contribution in [1.82, 2.24) is 24.9 Å². The van der Waals surface area contributed by atoms with Gasteiger partial charge in [0.2, 0.25) is 5.91 Å². The maximum atomic E-state index is 12.6. The molecule has 0 spiro atoms. The first kappa shape index (κ1) is 19.3. The van der Waals surface area contributed by atoms with E-state index in [1.165, 1.54) is 12.4 Å². The summed E-state index contributed by atoms with van der Waals surface area (Å²) in [6, 6.07) is 3.54. The van der Waals surface area contributed by atoms with Crippen molar-refractivity contribution >= 4 is 34.7 Å². The minimum Gasteiger partial charge on any atom is -0.349 e. The van der Waals surface area contributed by atoms with Gasteiger partial charge in [0, 0.05) is 36.2 Å².